The van der Waals surface area contributed by atoms with Crippen molar-refractivity contribution in [3.63, 3.8) is 0 Å². The maximum atomic E-state index is 15.3. The third kappa shape index (κ3) is 9.83. The van der Waals surface area contributed by atoms with Crippen LogP contribution in [0.3, 0.4) is 0 Å². The predicted octanol–water partition coefficient (Wildman–Crippen LogP) is 14.8. The predicted molar refractivity (Wildman–Crippen MR) is 339 cm³/mol. The van der Waals surface area contributed by atoms with Crippen LogP contribution in [0, 0.1) is 32.5 Å². The summed E-state index contributed by atoms with van der Waals surface area (Å²) < 4.78 is 25.4. The number of nitrogens with one attached hydrogen (secondary N) is 2. The van der Waals surface area contributed by atoms with Crippen LogP contribution in [-0.2, 0) is 40.8 Å². The van der Waals surface area contributed by atoms with Gasteiger partial charge in [-0.1, -0.05) is 108 Å². The number of benzene rings is 4. The molecule has 16 nitrogen and oxygen atoms in total. The van der Waals surface area contributed by atoms with Crippen molar-refractivity contribution in [3.05, 3.63) is 93.0 Å². The Labute approximate surface area is 518 Å². The molecule has 10 rings (SSSR count). The average Bonchev–Trinajstić information content (AvgIpc) is 0.628. The normalized spacial score (nSPS) is 27.3. The highest BCUT2D eigenvalue weighted by molar-refractivity contribution is 5.89. The molecule has 0 saturated heterocycles. The van der Waals surface area contributed by atoms with Crippen LogP contribution in [0.1, 0.15) is 242 Å². The van der Waals surface area contributed by atoms with Crippen LogP contribution in [0.4, 0.5) is 0 Å². The molecule has 6 aliphatic rings. The smallest absolute Gasteiger partial charge is 0.311 e. The first-order valence-electron chi connectivity index (χ1n) is 32.1. The summed E-state index contributed by atoms with van der Waals surface area (Å²) in [7, 11) is 0. The highest BCUT2D eigenvalue weighted by Crippen LogP contribution is 2.87. The van der Waals surface area contributed by atoms with Crippen LogP contribution < -0.4 is 18.9 Å². The number of carbonyl (C=O) groups is 4. The van der Waals surface area contributed by atoms with Crippen molar-refractivity contribution in [3.8, 4) is 46.0 Å². The summed E-state index contributed by atoms with van der Waals surface area (Å²) in [6, 6.07) is 12.8. The molecule has 2 saturated carbocycles. The Morgan fingerprint density at radius 1 is 0.420 bits per heavy atom. The van der Waals surface area contributed by atoms with Crippen molar-refractivity contribution in [2.45, 2.75) is 231 Å². The second kappa shape index (κ2) is 23.5. The molecule has 4 heterocycles. The SMILES string of the molecule is CCC12CCC(=O)Oc3cc(C=N)c(O)c(c3)C(C)(C)C1(C13C(CC)(CCC(=O)Oc4cc(C=N)c(O)c(c4)C1(C)C)CCC(=O)Oc1cc(C=NC4CCCCC4)c(O)c(c1)C3(C)C)C(C)(C)c1cc(cc(C=NC3CCCCC3)c1O)OC(=O)CC2. The van der Waals surface area contributed by atoms with Crippen LogP contribution in [0.5, 0.6) is 46.0 Å². The van der Waals surface area contributed by atoms with Gasteiger partial charge in [0.15, 0.2) is 0 Å². The minimum atomic E-state index is -1.87. The molecule has 470 valence electrons. The molecule has 16 heteroatoms. The first kappa shape index (κ1) is 63.7. The Balaban J connectivity index is 1.57. The lowest BCUT2D eigenvalue weighted by Crippen LogP contribution is -2.82. The molecule has 88 heavy (non-hydrogen) atoms. The molecule has 4 aliphatic heterocycles. The largest absolute Gasteiger partial charge is 0.507 e. The lowest BCUT2D eigenvalue weighted by molar-refractivity contribution is -0.302. The first-order chi connectivity index (χ1) is 41.7. The highest BCUT2D eigenvalue weighted by atomic mass is 16.5. The lowest BCUT2D eigenvalue weighted by atomic mass is 9.19. The van der Waals surface area contributed by atoms with Gasteiger partial charge in [-0.25, -0.2) is 0 Å². The van der Waals surface area contributed by atoms with Crippen molar-refractivity contribution in [2.24, 2.45) is 31.6 Å². The Morgan fingerprint density at radius 3 is 0.920 bits per heavy atom. The van der Waals surface area contributed by atoms with Crippen molar-refractivity contribution >= 4 is 48.7 Å². The summed E-state index contributed by atoms with van der Waals surface area (Å²) in [5, 5.41) is 72.6. The van der Waals surface area contributed by atoms with Crippen molar-refractivity contribution in [1.82, 2.24) is 0 Å². The molecule has 0 aromatic heterocycles. The van der Waals surface area contributed by atoms with Crippen LogP contribution in [0.2, 0.25) is 0 Å². The third-order valence-electron chi connectivity index (χ3n) is 22.9. The van der Waals surface area contributed by atoms with E-state index in [0.717, 1.165) is 76.6 Å². The molecule has 4 aromatic carbocycles. The number of fused-ring (bicyclic) bond motifs is 11. The van der Waals surface area contributed by atoms with E-state index in [1.807, 2.05) is 41.5 Å². The van der Waals surface area contributed by atoms with Crippen LogP contribution in [0.15, 0.2) is 58.5 Å². The van der Waals surface area contributed by atoms with Gasteiger partial charge in [0.05, 0.1) is 0 Å². The summed E-state index contributed by atoms with van der Waals surface area (Å²) in [6.45, 7) is 20.4. The molecule has 6 N–H and O–H groups in total. The fourth-order valence-corrected chi connectivity index (χ4v) is 19.9. The zero-order chi connectivity index (χ0) is 63.6. The molecule has 4 atom stereocenters. The number of phenols is 4. The summed E-state index contributed by atoms with van der Waals surface area (Å²) in [5.74, 6) is -3.04. The number of nitrogens with zero attached hydrogens (tertiary/aromatic N) is 2. The lowest BCUT2D eigenvalue weighted by Gasteiger charge is -2.83. The molecule has 2 aliphatic carbocycles. The van der Waals surface area contributed by atoms with Gasteiger partial charge in [-0.15, -0.1) is 0 Å². The van der Waals surface area contributed by atoms with Gasteiger partial charge in [0.2, 0.25) is 0 Å². The topological polar surface area (TPSA) is 259 Å². The number of phenolic OH excluding ortho intramolecular Hbond substituents is 4. The summed E-state index contributed by atoms with van der Waals surface area (Å²) >= 11 is 0. The third-order valence-corrected chi connectivity index (χ3v) is 22.9. The quantitative estimate of drug-likeness (QED) is 0.0519. The minimum absolute atomic E-state index is 0.0116. The number of aliphatic imine (C=N–C) groups is 2. The maximum Gasteiger partial charge on any atom is 0.311 e. The van der Waals surface area contributed by atoms with Crippen LogP contribution >= 0.6 is 0 Å². The fourth-order valence-electron chi connectivity index (χ4n) is 19.9. The highest BCUT2D eigenvalue weighted by Gasteiger charge is 2.85. The number of hydrogen-bond acceptors (Lipinski definition) is 16. The van der Waals surface area contributed by atoms with E-state index < -0.39 is 67.2 Å². The first-order valence-corrected chi connectivity index (χ1v) is 32.1. The summed E-state index contributed by atoms with van der Waals surface area (Å²) in [6.07, 6.45) is 14.3. The number of rotatable bonds is 9. The van der Waals surface area contributed by atoms with Gasteiger partial charge in [0.1, 0.15) is 46.0 Å². The summed E-state index contributed by atoms with van der Waals surface area (Å²) in [5.41, 5.74) is -11.6. The van der Waals surface area contributed by atoms with Gasteiger partial charge in [0, 0.05) is 140 Å². The number of ether oxygens (including phenoxy) is 4. The van der Waals surface area contributed by atoms with E-state index in [1.54, 1.807) is 48.8 Å². The zero-order valence-corrected chi connectivity index (χ0v) is 53.2. The molecule has 0 spiro atoms. The van der Waals surface area contributed by atoms with E-state index in [2.05, 4.69) is 27.7 Å². The van der Waals surface area contributed by atoms with E-state index in [4.69, 9.17) is 39.8 Å². The molecule has 0 radical (unpaired) electrons. The minimum Gasteiger partial charge on any atom is -0.507 e. The van der Waals surface area contributed by atoms with Gasteiger partial charge in [-0.2, -0.15) is 0 Å². The summed E-state index contributed by atoms with van der Waals surface area (Å²) in [4.78, 5) is 71.1. The van der Waals surface area contributed by atoms with Crippen molar-refractivity contribution < 1.29 is 58.6 Å². The van der Waals surface area contributed by atoms with Gasteiger partial charge < -0.3 is 50.2 Å². The van der Waals surface area contributed by atoms with Crippen molar-refractivity contribution in [2.75, 3.05) is 0 Å². The maximum absolute atomic E-state index is 15.3. The number of hydrogen-bond donors (Lipinski definition) is 6. The zero-order valence-electron chi connectivity index (χ0n) is 53.2. The fraction of sp³-hybridized carbons (Fsp3) is 0.556. The number of carbonyl (C=O) groups excluding carboxylic acids is 4. The van der Waals surface area contributed by atoms with Gasteiger partial charge >= 0.3 is 23.9 Å². The second-order valence-corrected chi connectivity index (χ2v) is 28.2. The average molecular weight is 1200 g/mol. The van der Waals surface area contributed by atoms with Gasteiger partial charge in [-0.3, -0.25) is 29.2 Å². The van der Waals surface area contributed by atoms with Gasteiger partial charge in [-0.05, 0) is 124 Å². The van der Waals surface area contributed by atoms with Crippen LogP contribution in [0.25, 0.3) is 0 Å². The molecule has 4 unspecified atom stereocenters. The molecule has 2 fully saturated rings. The van der Waals surface area contributed by atoms with E-state index in [1.165, 1.54) is 12.1 Å². The van der Waals surface area contributed by atoms with Crippen molar-refractivity contribution in [1.29, 1.82) is 10.8 Å². The van der Waals surface area contributed by atoms with E-state index in [0.29, 0.717) is 11.1 Å². The number of aromatic hydroxyl groups is 4. The number of esters is 4. The standard InChI is InChI=1S/C72H90N4O12/c1-11-69-27-23-57(77)85-49-31-43(39-73)61(81)53(35-49)65(3,4)71(69,67(7,8)55-37-51(87-59(79)25-29-69)33-45(63(55)83)41-75-47-19-15-13-16-20-47)72-66(5,6)54-36-50(32-44(40-74)62(54)82)86-58(78)24-28-70(72,12-2)30-26-60(80)88-52-34-46(42-76-48-21-17-14-18-22-48)64(84)56(38-52)68(72,9)10/h31-42,47-48,73-74,81-84H,11-30H2,1-10H3. The molecule has 8 bridgehead atoms. The molecular formula is C72H90N4O12. The molecular weight excluding hydrogens is 1110 g/mol. The van der Waals surface area contributed by atoms with Gasteiger partial charge in [0.25, 0.3) is 0 Å². The van der Waals surface area contributed by atoms with E-state index >= 15 is 19.2 Å². The Hall–Kier alpha value is -7.36. The Kier molecular flexibility index (Phi) is 17.0. The molecule has 4 aromatic rings. The van der Waals surface area contributed by atoms with E-state index in [9.17, 15) is 20.4 Å². The second-order valence-electron chi connectivity index (χ2n) is 28.2. The Bertz CT molecular complexity index is 3290. The Morgan fingerprint density at radius 2 is 0.670 bits per heavy atom. The van der Waals surface area contributed by atoms with E-state index in [-0.39, 0.29) is 156 Å². The van der Waals surface area contributed by atoms with Crippen LogP contribution in [-0.4, -0.2) is 81.2 Å². The molecule has 0 amide bonds. The monoisotopic (exact) mass is 1200 g/mol.